The lowest BCUT2D eigenvalue weighted by Crippen LogP contribution is -2.42. The molecule has 0 saturated carbocycles. The van der Waals surface area contributed by atoms with Gasteiger partial charge in [-0.05, 0) is 29.2 Å². The summed E-state index contributed by atoms with van der Waals surface area (Å²) in [5.74, 6) is -2.13. The number of carbonyl (C=O) groups excluding carboxylic acids is 1. The highest BCUT2D eigenvalue weighted by Gasteiger charge is 2.35. The maximum Gasteiger partial charge on any atom is 0.420 e. The highest BCUT2D eigenvalue weighted by Crippen LogP contribution is 2.35. The van der Waals surface area contributed by atoms with E-state index in [4.69, 9.17) is 0 Å². The summed E-state index contributed by atoms with van der Waals surface area (Å²) < 4.78 is 42.2. The number of carbonyl (C=O) groups is 2. The number of nitrogens with zero attached hydrogens (tertiary/aromatic N) is 2. The molecule has 1 aromatic carbocycles. The zero-order chi connectivity index (χ0) is 22.9. The van der Waals surface area contributed by atoms with Gasteiger partial charge in [0.25, 0.3) is 5.91 Å². The first-order valence-electron chi connectivity index (χ1n) is 9.77. The highest BCUT2D eigenvalue weighted by molar-refractivity contribution is 5.95. The molecule has 0 fully saturated rings. The molecule has 1 atom stereocenters. The number of nitrogens with one attached hydrogen (secondary N) is 1. The molecule has 1 aliphatic carbocycles. The molecule has 0 spiro atoms. The van der Waals surface area contributed by atoms with Crippen LogP contribution in [0.25, 0.3) is 11.2 Å². The van der Waals surface area contributed by atoms with Crippen LogP contribution in [-0.2, 0) is 17.4 Å². The second-order valence-corrected chi connectivity index (χ2v) is 7.35. The Kier molecular flexibility index (Phi) is 5.56. The third-order valence-corrected chi connectivity index (χ3v) is 5.08. The molecular weight excluding hydrogens is 423 g/mol. The zero-order valence-corrected chi connectivity index (χ0v) is 16.6. The van der Waals surface area contributed by atoms with Crippen LogP contribution in [0.5, 0.6) is 0 Å². The van der Waals surface area contributed by atoms with E-state index in [-0.39, 0.29) is 12.1 Å². The topological polar surface area (TPSA) is 83.7 Å². The predicted octanol–water partition coefficient (Wildman–Crippen LogP) is 4.12. The smallest absolute Gasteiger partial charge is 0.420 e. The third-order valence-electron chi connectivity index (χ3n) is 5.08. The summed E-state index contributed by atoms with van der Waals surface area (Å²) in [6.45, 7) is 0. The van der Waals surface area contributed by atoms with Crippen LogP contribution >= 0.6 is 0 Å². The van der Waals surface area contributed by atoms with Crippen LogP contribution in [0.2, 0.25) is 0 Å². The molecule has 2 heterocycles. The lowest BCUT2D eigenvalue weighted by molar-refractivity contribution is -0.139. The summed E-state index contributed by atoms with van der Waals surface area (Å²) in [6.07, 6.45) is 3.96. The number of halogens is 3. The van der Waals surface area contributed by atoms with Gasteiger partial charge in [-0.25, -0.2) is 9.78 Å². The first-order valence-corrected chi connectivity index (χ1v) is 9.77. The van der Waals surface area contributed by atoms with Gasteiger partial charge in [0.1, 0.15) is 17.4 Å². The molecule has 0 radical (unpaired) electrons. The van der Waals surface area contributed by atoms with E-state index in [0.717, 1.165) is 10.5 Å². The number of pyridine rings is 1. The quantitative estimate of drug-likeness (QED) is 0.603. The van der Waals surface area contributed by atoms with Crippen LogP contribution in [0, 0.1) is 0 Å². The summed E-state index contributed by atoms with van der Waals surface area (Å²) in [5, 5.41) is 11.8. The fourth-order valence-corrected chi connectivity index (χ4v) is 3.53. The molecule has 0 saturated heterocycles. The number of fused-ring (bicyclic) bond motifs is 1. The number of rotatable bonds is 6. The van der Waals surface area contributed by atoms with Gasteiger partial charge in [-0.3, -0.25) is 4.79 Å². The molecule has 32 heavy (non-hydrogen) atoms. The monoisotopic (exact) mass is 441 g/mol. The maximum atomic E-state index is 13.7. The molecular formula is C23H18F3N3O3. The molecule has 4 rings (SSSR count). The number of hydrogen-bond donors (Lipinski definition) is 2. The Hall–Kier alpha value is -3.88. The van der Waals surface area contributed by atoms with Crippen LogP contribution in [0.15, 0.2) is 67.0 Å². The minimum Gasteiger partial charge on any atom is -0.480 e. The number of alkyl halides is 3. The van der Waals surface area contributed by atoms with Crippen LogP contribution in [-0.4, -0.2) is 32.4 Å². The van der Waals surface area contributed by atoms with E-state index in [0.29, 0.717) is 23.1 Å². The highest BCUT2D eigenvalue weighted by atomic mass is 19.4. The van der Waals surface area contributed by atoms with Crippen molar-refractivity contribution < 1.29 is 27.9 Å². The normalized spacial score (nSPS) is 14.4. The van der Waals surface area contributed by atoms with Gasteiger partial charge in [-0.2, -0.15) is 13.2 Å². The minimum atomic E-state index is -4.68. The number of hydrogen-bond acceptors (Lipinski definition) is 3. The Labute approximate surface area is 180 Å². The summed E-state index contributed by atoms with van der Waals surface area (Å²) in [7, 11) is 0. The van der Waals surface area contributed by atoms with E-state index in [1.807, 2.05) is 6.08 Å². The van der Waals surface area contributed by atoms with E-state index in [2.05, 4.69) is 10.3 Å². The van der Waals surface area contributed by atoms with E-state index in [9.17, 15) is 27.9 Å². The molecule has 1 unspecified atom stereocenters. The SMILES string of the molecule is O=C(NC(Cc1ccccc1)C(=O)O)c1cn2cc(C3=CCC=C3)cc(C(F)(F)F)c2n1. The van der Waals surface area contributed by atoms with Crippen LogP contribution in [0.4, 0.5) is 13.2 Å². The summed E-state index contributed by atoms with van der Waals surface area (Å²) in [4.78, 5) is 28.2. The molecule has 9 heteroatoms. The Bertz CT molecular complexity index is 1240. The van der Waals surface area contributed by atoms with E-state index < -0.39 is 35.3 Å². The predicted molar refractivity (Wildman–Crippen MR) is 111 cm³/mol. The second kappa shape index (κ2) is 8.33. The van der Waals surface area contributed by atoms with Crippen molar-refractivity contribution in [1.29, 1.82) is 0 Å². The van der Waals surface area contributed by atoms with Crippen molar-refractivity contribution in [2.75, 3.05) is 0 Å². The Balaban J connectivity index is 1.67. The van der Waals surface area contributed by atoms with Gasteiger partial charge in [0.05, 0.1) is 5.56 Å². The van der Waals surface area contributed by atoms with Crippen molar-refractivity contribution in [1.82, 2.24) is 14.7 Å². The lowest BCUT2D eigenvalue weighted by atomic mass is 10.1. The van der Waals surface area contributed by atoms with E-state index in [1.54, 1.807) is 42.5 Å². The summed E-state index contributed by atoms with van der Waals surface area (Å²) in [5.41, 5.74) is -0.0282. The van der Waals surface area contributed by atoms with Gasteiger partial charge < -0.3 is 14.8 Å². The number of aliphatic carboxylic acids is 1. The lowest BCUT2D eigenvalue weighted by Gasteiger charge is -2.13. The van der Waals surface area contributed by atoms with Crippen molar-refractivity contribution in [3.8, 4) is 0 Å². The van der Waals surface area contributed by atoms with Crippen molar-refractivity contribution in [2.24, 2.45) is 0 Å². The fraction of sp³-hybridized carbons (Fsp3) is 0.174. The van der Waals surface area contributed by atoms with Crippen molar-refractivity contribution in [3.63, 3.8) is 0 Å². The number of carboxylic acids is 1. The first kappa shape index (κ1) is 21.4. The standard InChI is InChI=1S/C23H18F3N3O3/c24-23(25,26)17-11-16(15-8-4-5-9-15)12-29-13-19(27-20(17)29)21(30)28-18(22(31)32)10-14-6-2-1-3-7-14/h1-4,6-9,11-13,18H,5,10H2,(H,28,30)(H,31,32). The average Bonchev–Trinajstić information content (AvgIpc) is 3.42. The number of carboxylic acid groups (broad SMARTS) is 1. The van der Waals surface area contributed by atoms with Crippen molar-refractivity contribution in [3.05, 3.63) is 89.4 Å². The van der Waals surface area contributed by atoms with Crippen LogP contribution in [0.1, 0.15) is 33.6 Å². The first-order chi connectivity index (χ1) is 15.2. The average molecular weight is 441 g/mol. The summed E-state index contributed by atoms with van der Waals surface area (Å²) in [6, 6.07) is 8.43. The number of allylic oxidation sites excluding steroid dienone is 4. The minimum absolute atomic E-state index is 0.0216. The largest absolute Gasteiger partial charge is 0.480 e. The molecule has 164 valence electrons. The molecule has 6 nitrogen and oxygen atoms in total. The number of aromatic nitrogens is 2. The molecule has 2 N–H and O–H groups in total. The van der Waals surface area contributed by atoms with Crippen molar-refractivity contribution in [2.45, 2.75) is 25.1 Å². The van der Waals surface area contributed by atoms with Gasteiger partial charge in [0.2, 0.25) is 0 Å². The number of imidazole rings is 1. The van der Waals surface area contributed by atoms with Crippen molar-refractivity contribution >= 4 is 23.1 Å². The maximum absolute atomic E-state index is 13.7. The number of amides is 1. The fourth-order valence-electron chi connectivity index (χ4n) is 3.53. The zero-order valence-electron chi connectivity index (χ0n) is 16.6. The van der Waals surface area contributed by atoms with Gasteiger partial charge in [0, 0.05) is 18.8 Å². The van der Waals surface area contributed by atoms with Gasteiger partial charge >= 0.3 is 12.1 Å². The molecule has 0 aliphatic heterocycles. The summed E-state index contributed by atoms with van der Waals surface area (Å²) >= 11 is 0. The third kappa shape index (κ3) is 4.41. The second-order valence-electron chi connectivity index (χ2n) is 7.35. The Morgan fingerprint density at radius 1 is 1.19 bits per heavy atom. The Morgan fingerprint density at radius 3 is 2.56 bits per heavy atom. The van der Waals surface area contributed by atoms with E-state index in [1.165, 1.54) is 12.4 Å². The molecule has 2 aromatic heterocycles. The van der Waals surface area contributed by atoms with Gasteiger partial charge in [0.15, 0.2) is 0 Å². The molecule has 0 bridgehead atoms. The van der Waals surface area contributed by atoms with E-state index >= 15 is 0 Å². The van der Waals surface area contributed by atoms with Gasteiger partial charge in [-0.1, -0.05) is 48.6 Å². The molecule has 1 amide bonds. The molecule has 1 aliphatic rings. The molecule has 3 aromatic rings. The van der Waals surface area contributed by atoms with Gasteiger partial charge in [-0.15, -0.1) is 0 Å². The van der Waals surface area contributed by atoms with Crippen LogP contribution in [0.3, 0.4) is 0 Å². The van der Waals surface area contributed by atoms with Crippen LogP contribution < -0.4 is 5.32 Å². The number of benzene rings is 1. The Morgan fingerprint density at radius 2 is 1.94 bits per heavy atom.